The number of benzene rings is 6. The number of rotatable bonds is 5. The average Bonchev–Trinajstić information content (AvgIpc) is 3.38. The van der Waals surface area contributed by atoms with E-state index in [1.807, 2.05) is 26.0 Å². The summed E-state index contributed by atoms with van der Waals surface area (Å²) in [6.07, 6.45) is 4.00. The Kier molecular flexibility index (Phi) is 7.83. The van der Waals surface area contributed by atoms with E-state index in [0.29, 0.717) is 0 Å². The molecule has 0 heterocycles. The molecule has 42 heavy (non-hydrogen) atoms. The average molecular weight is 542 g/mol. The molecule has 0 saturated heterocycles. The predicted octanol–water partition coefficient (Wildman–Crippen LogP) is 11.0. The molecule has 1 nitrogen and oxygen atoms in total. The van der Waals surface area contributed by atoms with E-state index in [2.05, 4.69) is 163 Å². The molecule has 0 saturated carbocycles. The summed E-state index contributed by atoms with van der Waals surface area (Å²) in [6.45, 7) is 4.00. The number of fused-ring (bicyclic) bond motifs is 3. The molecule has 0 unspecified atom stereocenters. The molecule has 0 amide bonds. The quantitative estimate of drug-likeness (QED) is 0.214. The first-order chi connectivity index (χ1) is 20.8. The summed E-state index contributed by atoms with van der Waals surface area (Å²) in [5, 5.41) is 3.76. The van der Waals surface area contributed by atoms with Gasteiger partial charge < -0.3 is 5.32 Å². The zero-order valence-electron chi connectivity index (χ0n) is 24.2. The van der Waals surface area contributed by atoms with Gasteiger partial charge in [-0.1, -0.05) is 152 Å². The maximum Gasteiger partial charge on any atom is 0.0714 e. The summed E-state index contributed by atoms with van der Waals surface area (Å²) in [7, 11) is 0. The third kappa shape index (κ3) is 4.84. The lowest BCUT2D eigenvalue weighted by Crippen LogP contribution is -2.28. The second kappa shape index (κ2) is 12.2. The van der Waals surface area contributed by atoms with Crippen molar-refractivity contribution < 1.29 is 0 Å². The van der Waals surface area contributed by atoms with Gasteiger partial charge in [0.1, 0.15) is 0 Å². The molecule has 1 N–H and O–H groups in total. The van der Waals surface area contributed by atoms with Crippen LogP contribution in [0.3, 0.4) is 0 Å². The van der Waals surface area contributed by atoms with Gasteiger partial charge in [-0.2, -0.15) is 0 Å². The van der Waals surface area contributed by atoms with Crippen molar-refractivity contribution in [2.75, 3.05) is 5.32 Å². The molecule has 6 aromatic rings. The van der Waals surface area contributed by atoms with Crippen molar-refractivity contribution in [3.8, 4) is 22.3 Å². The summed E-state index contributed by atoms with van der Waals surface area (Å²) in [5.74, 6) is 0. The molecule has 0 fully saturated rings. The zero-order valence-corrected chi connectivity index (χ0v) is 24.2. The summed E-state index contributed by atoms with van der Waals surface area (Å²) in [6, 6.07) is 56.7. The minimum absolute atomic E-state index is 0.386. The van der Waals surface area contributed by atoms with Crippen LogP contribution in [0.2, 0.25) is 0 Å². The number of anilines is 2. The minimum atomic E-state index is -0.386. The zero-order chi connectivity index (χ0) is 28.8. The molecule has 204 valence electrons. The number of hydrogen-bond donors (Lipinski definition) is 1. The Morgan fingerprint density at radius 2 is 0.952 bits per heavy atom. The Morgan fingerprint density at radius 3 is 1.55 bits per heavy atom. The summed E-state index contributed by atoms with van der Waals surface area (Å²) in [4.78, 5) is 0. The molecular weight excluding hydrogens is 506 g/mol. The van der Waals surface area contributed by atoms with Gasteiger partial charge in [0.25, 0.3) is 0 Å². The molecule has 0 atom stereocenters. The highest BCUT2D eigenvalue weighted by Gasteiger charge is 2.46. The van der Waals surface area contributed by atoms with Crippen LogP contribution in [0, 0.1) is 0 Å². The lowest BCUT2D eigenvalue weighted by molar-refractivity contribution is 0.768. The summed E-state index contributed by atoms with van der Waals surface area (Å²) < 4.78 is 0. The Hall–Kier alpha value is -5.14. The fraction of sp³-hybridized carbons (Fsp3) is 0.0732. The SMILES string of the molecule is C/C=C\C.c1ccc(-c2ccc(Nc3cccc4c3-c3ccccc3C4(c3ccccc3)c3ccccc3)cc2)cc1. The van der Waals surface area contributed by atoms with Gasteiger partial charge >= 0.3 is 0 Å². The highest BCUT2D eigenvalue weighted by molar-refractivity contribution is 5.94. The van der Waals surface area contributed by atoms with E-state index in [1.165, 1.54) is 44.5 Å². The van der Waals surface area contributed by atoms with Crippen molar-refractivity contribution in [1.82, 2.24) is 0 Å². The molecule has 7 rings (SSSR count). The third-order valence-corrected chi connectivity index (χ3v) is 8.09. The van der Waals surface area contributed by atoms with Crippen molar-refractivity contribution in [1.29, 1.82) is 0 Å². The van der Waals surface area contributed by atoms with Gasteiger partial charge in [0.05, 0.1) is 5.41 Å². The molecular formula is C41H35N. The van der Waals surface area contributed by atoms with Crippen molar-refractivity contribution in [2.45, 2.75) is 19.3 Å². The smallest absolute Gasteiger partial charge is 0.0714 e. The first-order valence-corrected chi connectivity index (χ1v) is 14.6. The lowest BCUT2D eigenvalue weighted by Gasteiger charge is -2.33. The van der Waals surface area contributed by atoms with Crippen LogP contribution in [-0.2, 0) is 5.41 Å². The van der Waals surface area contributed by atoms with Crippen LogP contribution in [0.4, 0.5) is 11.4 Å². The predicted molar refractivity (Wildman–Crippen MR) is 179 cm³/mol. The highest BCUT2D eigenvalue weighted by Crippen LogP contribution is 2.58. The Bertz CT molecular complexity index is 1740. The fourth-order valence-electron chi connectivity index (χ4n) is 6.13. The minimum Gasteiger partial charge on any atom is -0.355 e. The fourth-order valence-corrected chi connectivity index (χ4v) is 6.13. The third-order valence-electron chi connectivity index (χ3n) is 8.09. The van der Waals surface area contributed by atoms with Crippen molar-refractivity contribution >= 4 is 11.4 Å². The standard InChI is InChI=1S/C37H27N.C4H8/c1-4-13-27(14-5-1)28-23-25-31(26-24-28)38-35-22-12-21-34-36(35)32-19-10-11-20-33(32)37(34,29-15-6-2-7-16-29)30-17-8-3-9-18-30;1-3-4-2/h1-26,38H;3-4H,1-2H3/b;4-3-. The molecule has 0 spiro atoms. The lowest BCUT2D eigenvalue weighted by atomic mass is 9.68. The summed E-state index contributed by atoms with van der Waals surface area (Å²) in [5.41, 5.74) is 12.0. The second-order valence-corrected chi connectivity index (χ2v) is 10.5. The normalized spacial score (nSPS) is 12.6. The van der Waals surface area contributed by atoms with E-state index in [-0.39, 0.29) is 5.41 Å². The topological polar surface area (TPSA) is 12.0 Å². The van der Waals surface area contributed by atoms with E-state index in [0.717, 1.165) is 11.4 Å². The van der Waals surface area contributed by atoms with Gasteiger partial charge in [-0.05, 0) is 71.0 Å². The van der Waals surface area contributed by atoms with Gasteiger partial charge in [-0.15, -0.1) is 0 Å². The van der Waals surface area contributed by atoms with Crippen LogP contribution in [0.15, 0.2) is 170 Å². The van der Waals surface area contributed by atoms with E-state index in [1.54, 1.807) is 0 Å². The summed E-state index contributed by atoms with van der Waals surface area (Å²) >= 11 is 0. The maximum absolute atomic E-state index is 3.76. The Morgan fingerprint density at radius 1 is 0.452 bits per heavy atom. The molecule has 0 radical (unpaired) electrons. The van der Waals surface area contributed by atoms with Gasteiger partial charge in [0.15, 0.2) is 0 Å². The second-order valence-electron chi connectivity index (χ2n) is 10.5. The molecule has 0 aromatic heterocycles. The van der Waals surface area contributed by atoms with Crippen molar-refractivity contribution in [2.24, 2.45) is 0 Å². The van der Waals surface area contributed by atoms with Gasteiger partial charge in [0, 0.05) is 16.9 Å². The number of hydrogen-bond acceptors (Lipinski definition) is 1. The van der Waals surface area contributed by atoms with Crippen LogP contribution < -0.4 is 5.32 Å². The van der Waals surface area contributed by atoms with Crippen LogP contribution in [0.1, 0.15) is 36.1 Å². The molecule has 1 aliphatic carbocycles. The van der Waals surface area contributed by atoms with Crippen molar-refractivity contribution in [3.05, 3.63) is 192 Å². The molecule has 6 aromatic carbocycles. The Balaban J connectivity index is 0.000000744. The molecule has 1 aliphatic rings. The monoisotopic (exact) mass is 541 g/mol. The molecule has 0 aliphatic heterocycles. The van der Waals surface area contributed by atoms with E-state index >= 15 is 0 Å². The van der Waals surface area contributed by atoms with Crippen molar-refractivity contribution in [3.63, 3.8) is 0 Å². The van der Waals surface area contributed by atoms with Crippen LogP contribution in [-0.4, -0.2) is 0 Å². The molecule has 0 bridgehead atoms. The first-order valence-electron chi connectivity index (χ1n) is 14.6. The largest absolute Gasteiger partial charge is 0.355 e. The van der Waals surface area contributed by atoms with Gasteiger partial charge in [-0.3, -0.25) is 0 Å². The van der Waals surface area contributed by atoms with Crippen LogP contribution in [0.25, 0.3) is 22.3 Å². The van der Waals surface area contributed by atoms with E-state index in [9.17, 15) is 0 Å². The van der Waals surface area contributed by atoms with E-state index < -0.39 is 0 Å². The first kappa shape index (κ1) is 27.1. The van der Waals surface area contributed by atoms with E-state index in [4.69, 9.17) is 0 Å². The van der Waals surface area contributed by atoms with Crippen LogP contribution >= 0.6 is 0 Å². The number of nitrogens with one attached hydrogen (secondary N) is 1. The number of allylic oxidation sites excluding steroid dienone is 2. The maximum atomic E-state index is 3.76. The highest BCUT2D eigenvalue weighted by atomic mass is 14.9. The Labute approximate surface area is 249 Å². The van der Waals surface area contributed by atoms with Crippen LogP contribution in [0.5, 0.6) is 0 Å². The van der Waals surface area contributed by atoms with Gasteiger partial charge in [-0.25, -0.2) is 0 Å². The van der Waals surface area contributed by atoms with Gasteiger partial charge in [0.2, 0.25) is 0 Å². The molecule has 1 heteroatoms.